The Balaban J connectivity index is 0.000000588. The van der Waals surface area contributed by atoms with Crippen molar-refractivity contribution in [1.29, 1.82) is 0 Å². The minimum atomic E-state index is -3.67. The molecule has 0 radical (unpaired) electrons. The highest BCUT2D eigenvalue weighted by Gasteiger charge is 2.26. The van der Waals surface area contributed by atoms with E-state index in [4.69, 9.17) is 10.3 Å². The third kappa shape index (κ3) is 5.52. The summed E-state index contributed by atoms with van der Waals surface area (Å²) in [5.74, 6) is -4.30. The highest BCUT2D eigenvalue weighted by molar-refractivity contribution is 7.85. The van der Waals surface area contributed by atoms with E-state index in [2.05, 4.69) is 4.98 Å². The van der Waals surface area contributed by atoms with Crippen LogP contribution in [0.3, 0.4) is 0 Å². The van der Waals surface area contributed by atoms with Crippen LogP contribution < -0.4 is 16.1 Å². The van der Waals surface area contributed by atoms with Crippen molar-refractivity contribution in [2.75, 3.05) is 24.2 Å². The summed E-state index contributed by atoms with van der Waals surface area (Å²) in [7, 11) is -3.67. The first-order valence-electron chi connectivity index (χ1n) is 9.64. The van der Waals surface area contributed by atoms with Gasteiger partial charge < -0.3 is 15.7 Å². The van der Waals surface area contributed by atoms with Crippen LogP contribution >= 0.6 is 0 Å². The maximum atomic E-state index is 14.7. The van der Waals surface area contributed by atoms with Gasteiger partial charge in [-0.05, 0) is 24.6 Å². The number of anilines is 1. The van der Waals surface area contributed by atoms with Gasteiger partial charge in [-0.25, -0.2) is 22.9 Å². The van der Waals surface area contributed by atoms with Crippen LogP contribution in [0.15, 0.2) is 35.3 Å². The lowest BCUT2D eigenvalue weighted by atomic mass is 10.1. The first kappa shape index (κ1) is 25.1. The van der Waals surface area contributed by atoms with Crippen LogP contribution in [0.2, 0.25) is 0 Å². The molecule has 4 N–H and O–H groups in total. The van der Waals surface area contributed by atoms with Gasteiger partial charge in [0.25, 0.3) is 10.1 Å². The Hall–Kier alpha value is -3.49. The Morgan fingerprint density at radius 3 is 2.38 bits per heavy atom. The number of carboxylic acid groups (broad SMARTS) is 1. The van der Waals surface area contributed by atoms with Crippen molar-refractivity contribution in [2.24, 2.45) is 5.73 Å². The van der Waals surface area contributed by atoms with E-state index in [1.807, 2.05) is 0 Å². The van der Waals surface area contributed by atoms with E-state index in [-0.39, 0.29) is 28.6 Å². The number of hydrogen-bond donors (Lipinski definition) is 3. The lowest BCUT2D eigenvalue weighted by Crippen LogP contribution is -2.28. The van der Waals surface area contributed by atoms with Crippen molar-refractivity contribution in [1.82, 2.24) is 9.55 Å². The Bertz CT molecular complexity index is 1440. The van der Waals surface area contributed by atoms with Crippen molar-refractivity contribution in [3.8, 4) is 5.69 Å². The van der Waals surface area contributed by atoms with Crippen molar-refractivity contribution in [3.05, 3.63) is 63.7 Å². The lowest BCUT2D eigenvalue weighted by molar-refractivity contribution is 0.0695. The van der Waals surface area contributed by atoms with Crippen LogP contribution in [0.25, 0.3) is 16.7 Å². The standard InChI is InChI=1S/C19H15F3N4O3.CH4O3S/c20-9-1-2-15(13(21)5-9)26-8-12(19(28)29)16(27)11-6-14(22)18(24-17(11)26)25-4-3-10(23)7-25;1-5(2,3)4/h1-2,5-6,8,10H,3-4,7,23H2,(H,28,29);1H3,(H,2,3,4). The molecule has 0 saturated carbocycles. The fourth-order valence-corrected chi connectivity index (χ4v) is 3.43. The van der Waals surface area contributed by atoms with Crippen LogP contribution in [0.5, 0.6) is 0 Å². The van der Waals surface area contributed by atoms with E-state index >= 15 is 0 Å². The molecule has 0 aliphatic carbocycles. The summed E-state index contributed by atoms with van der Waals surface area (Å²) in [5, 5.41) is 9.00. The first-order valence-corrected chi connectivity index (χ1v) is 11.5. The number of hydrogen-bond acceptors (Lipinski definition) is 7. The van der Waals surface area contributed by atoms with Crippen molar-refractivity contribution < 1.29 is 36.0 Å². The van der Waals surface area contributed by atoms with Crippen molar-refractivity contribution >= 4 is 32.9 Å². The topological polar surface area (TPSA) is 156 Å². The lowest BCUT2D eigenvalue weighted by Gasteiger charge is -2.19. The van der Waals surface area contributed by atoms with Gasteiger partial charge in [0.05, 0.1) is 17.3 Å². The number of carboxylic acids is 1. The molecule has 3 aromatic rings. The van der Waals surface area contributed by atoms with E-state index in [9.17, 15) is 36.3 Å². The third-order valence-corrected chi connectivity index (χ3v) is 4.84. The summed E-state index contributed by atoms with van der Waals surface area (Å²) in [6.07, 6.45) is 2.23. The number of benzene rings is 1. The van der Waals surface area contributed by atoms with E-state index in [1.165, 1.54) is 0 Å². The predicted octanol–water partition coefficient (Wildman–Crippen LogP) is 1.54. The second-order valence-electron chi connectivity index (χ2n) is 7.54. The first-order chi connectivity index (χ1) is 15.8. The molecule has 34 heavy (non-hydrogen) atoms. The molecule has 1 atom stereocenters. The number of aromatic nitrogens is 2. The van der Waals surface area contributed by atoms with E-state index < -0.39 is 44.5 Å². The number of halogens is 3. The molecule has 182 valence electrons. The van der Waals surface area contributed by atoms with Crippen LogP contribution in [-0.4, -0.2) is 59.0 Å². The molecule has 4 rings (SSSR count). The molecule has 1 aromatic carbocycles. The molecule has 2 aromatic heterocycles. The van der Waals surface area contributed by atoms with Crippen LogP contribution in [-0.2, 0) is 10.1 Å². The van der Waals surface area contributed by atoms with Gasteiger partial charge in [0.1, 0.15) is 17.2 Å². The summed E-state index contributed by atoms with van der Waals surface area (Å²) >= 11 is 0. The fraction of sp³-hybridized carbons (Fsp3) is 0.250. The van der Waals surface area contributed by atoms with Gasteiger partial charge in [0.15, 0.2) is 17.3 Å². The van der Waals surface area contributed by atoms with Crippen LogP contribution in [0.4, 0.5) is 19.0 Å². The van der Waals surface area contributed by atoms with Gasteiger partial charge in [-0.15, -0.1) is 0 Å². The molecule has 3 heterocycles. The minimum absolute atomic E-state index is 0.0794. The Morgan fingerprint density at radius 2 is 1.85 bits per heavy atom. The largest absolute Gasteiger partial charge is 0.477 e. The van der Waals surface area contributed by atoms with Crippen LogP contribution in [0, 0.1) is 17.5 Å². The van der Waals surface area contributed by atoms with E-state index in [0.29, 0.717) is 31.8 Å². The summed E-state index contributed by atoms with van der Waals surface area (Å²) in [5.41, 5.74) is 3.82. The van der Waals surface area contributed by atoms with Gasteiger partial charge in [-0.1, -0.05) is 0 Å². The monoisotopic (exact) mass is 500 g/mol. The molecule has 1 unspecified atom stereocenters. The number of carbonyl (C=O) groups is 1. The molecule has 1 aliphatic heterocycles. The van der Waals surface area contributed by atoms with Gasteiger partial charge in [-0.2, -0.15) is 8.42 Å². The molecule has 0 bridgehead atoms. The van der Waals surface area contributed by atoms with Crippen molar-refractivity contribution in [2.45, 2.75) is 12.5 Å². The highest BCUT2D eigenvalue weighted by atomic mass is 32.2. The Morgan fingerprint density at radius 1 is 1.21 bits per heavy atom. The summed E-state index contributed by atoms with van der Waals surface area (Å²) in [6, 6.07) is 3.39. The number of fused-ring (bicyclic) bond motifs is 1. The second kappa shape index (κ2) is 9.40. The zero-order valence-electron chi connectivity index (χ0n) is 17.6. The quantitative estimate of drug-likeness (QED) is 0.454. The molecule has 0 amide bonds. The zero-order chi connectivity index (χ0) is 25.4. The summed E-state index contributed by atoms with van der Waals surface area (Å²) < 4.78 is 69.3. The predicted molar refractivity (Wildman–Crippen MR) is 116 cm³/mol. The maximum Gasteiger partial charge on any atom is 0.341 e. The molecule has 1 aliphatic rings. The Labute approximate surface area is 190 Å². The summed E-state index contributed by atoms with van der Waals surface area (Å²) in [6.45, 7) is 0.788. The molecule has 14 heteroatoms. The SMILES string of the molecule is CS(=O)(=O)O.NC1CCN(c2nc3c(cc2F)c(=O)c(C(=O)O)cn3-c2ccc(F)cc2F)C1. The van der Waals surface area contributed by atoms with Gasteiger partial charge in [0.2, 0.25) is 5.43 Å². The van der Waals surface area contributed by atoms with Crippen molar-refractivity contribution in [3.63, 3.8) is 0 Å². The number of pyridine rings is 2. The number of nitrogens with zero attached hydrogens (tertiary/aromatic N) is 3. The zero-order valence-corrected chi connectivity index (χ0v) is 18.4. The fourth-order valence-electron chi connectivity index (χ4n) is 3.43. The van der Waals surface area contributed by atoms with Crippen LogP contribution in [0.1, 0.15) is 16.8 Å². The number of nitrogens with two attached hydrogens (primary N) is 1. The second-order valence-corrected chi connectivity index (χ2v) is 9.00. The van der Waals surface area contributed by atoms with Gasteiger partial charge in [-0.3, -0.25) is 13.9 Å². The normalized spacial score (nSPS) is 15.8. The average Bonchev–Trinajstić information content (AvgIpc) is 3.13. The molecule has 0 spiro atoms. The minimum Gasteiger partial charge on any atom is -0.477 e. The average molecular weight is 500 g/mol. The molecule has 1 fully saturated rings. The molecular weight excluding hydrogens is 481 g/mol. The highest BCUT2D eigenvalue weighted by Crippen LogP contribution is 2.26. The van der Waals surface area contributed by atoms with Gasteiger partial charge >= 0.3 is 5.97 Å². The van der Waals surface area contributed by atoms with Gasteiger partial charge in [0, 0.05) is 31.4 Å². The van der Waals surface area contributed by atoms with E-state index in [0.717, 1.165) is 29.0 Å². The number of rotatable bonds is 3. The maximum absolute atomic E-state index is 14.7. The summed E-state index contributed by atoms with van der Waals surface area (Å²) in [4.78, 5) is 29.8. The molecule has 10 nitrogen and oxygen atoms in total. The Kier molecular flexibility index (Phi) is 6.95. The molecular formula is C20H19F3N4O6S. The molecule has 1 saturated heterocycles. The van der Waals surface area contributed by atoms with E-state index in [1.54, 1.807) is 4.90 Å². The smallest absolute Gasteiger partial charge is 0.341 e. The third-order valence-electron chi connectivity index (χ3n) is 4.84. The number of aromatic carboxylic acids is 1.